The van der Waals surface area contributed by atoms with Gasteiger partial charge in [0.05, 0.1) is 0 Å². The molecule has 0 radical (unpaired) electrons. The number of amides is 1. The lowest BCUT2D eigenvalue weighted by molar-refractivity contribution is 0.0952. The Hall–Kier alpha value is -2.11. The molecule has 32 heavy (non-hydrogen) atoms. The van der Waals surface area contributed by atoms with Crippen molar-refractivity contribution in [2.45, 2.75) is 84.1 Å². The van der Waals surface area contributed by atoms with Crippen LogP contribution in [0.5, 0.6) is 11.6 Å². The standard InChI is InChI=1S/C26H39N3O2.ClH/c1-2-3-4-5-6-7-8-9-10-11-12-17-29-26(30)23-14-13-15-24(20-23)31-25-19-22(21-27)16-18-28-25;/h13-16,18-20H,2-12,17,21,27H2,1H3,(H,29,30);1H. The van der Waals surface area contributed by atoms with Gasteiger partial charge in [0.1, 0.15) is 5.75 Å². The van der Waals surface area contributed by atoms with Crippen molar-refractivity contribution in [3.05, 3.63) is 53.7 Å². The third kappa shape index (κ3) is 11.5. The van der Waals surface area contributed by atoms with Crippen LogP contribution in [0.2, 0.25) is 0 Å². The zero-order chi connectivity index (χ0) is 22.2. The Morgan fingerprint density at radius 2 is 1.59 bits per heavy atom. The van der Waals surface area contributed by atoms with E-state index in [0.29, 0.717) is 30.3 Å². The molecular formula is C26H40ClN3O2. The van der Waals surface area contributed by atoms with Crippen molar-refractivity contribution in [3.8, 4) is 11.6 Å². The Labute approximate surface area is 200 Å². The molecule has 0 aliphatic rings. The number of unbranched alkanes of at least 4 members (excludes halogenated alkanes) is 10. The predicted octanol–water partition coefficient (Wildman–Crippen LogP) is 6.80. The smallest absolute Gasteiger partial charge is 0.251 e. The summed E-state index contributed by atoms with van der Waals surface area (Å²) in [4.78, 5) is 16.6. The zero-order valence-electron chi connectivity index (χ0n) is 19.5. The van der Waals surface area contributed by atoms with Crippen LogP contribution in [0.15, 0.2) is 42.6 Å². The van der Waals surface area contributed by atoms with Crippen LogP contribution in [-0.4, -0.2) is 17.4 Å². The minimum absolute atomic E-state index is 0. The molecule has 6 heteroatoms. The van der Waals surface area contributed by atoms with Crippen LogP contribution in [-0.2, 0) is 6.54 Å². The monoisotopic (exact) mass is 461 g/mol. The summed E-state index contributed by atoms with van der Waals surface area (Å²) in [5, 5.41) is 3.01. The number of carbonyl (C=O) groups is 1. The maximum Gasteiger partial charge on any atom is 0.251 e. The molecule has 178 valence electrons. The average Bonchev–Trinajstić information content (AvgIpc) is 2.80. The van der Waals surface area contributed by atoms with Crippen LogP contribution in [0.25, 0.3) is 0 Å². The largest absolute Gasteiger partial charge is 0.439 e. The van der Waals surface area contributed by atoms with Gasteiger partial charge in [-0.2, -0.15) is 0 Å². The first-order chi connectivity index (χ1) is 15.2. The Balaban J connectivity index is 0.00000512. The summed E-state index contributed by atoms with van der Waals surface area (Å²) in [6.45, 7) is 3.40. The Morgan fingerprint density at radius 3 is 2.25 bits per heavy atom. The van der Waals surface area contributed by atoms with Gasteiger partial charge in [-0.1, -0.05) is 77.2 Å². The SMILES string of the molecule is CCCCCCCCCCCCCNC(=O)c1cccc(Oc2cc(CN)ccn2)c1.Cl. The zero-order valence-corrected chi connectivity index (χ0v) is 20.3. The summed E-state index contributed by atoms with van der Waals surface area (Å²) in [5.41, 5.74) is 7.20. The van der Waals surface area contributed by atoms with Crippen LogP contribution < -0.4 is 15.8 Å². The van der Waals surface area contributed by atoms with E-state index in [2.05, 4.69) is 17.2 Å². The van der Waals surface area contributed by atoms with Crippen molar-refractivity contribution in [2.24, 2.45) is 5.73 Å². The number of rotatable bonds is 16. The van der Waals surface area contributed by atoms with E-state index in [0.717, 1.165) is 12.0 Å². The summed E-state index contributed by atoms with van der Waals surface area (Å²) < 4.78 is 5.78. The lowest BCUT2D eigenvalue weighted by Crippen LogP contribution is -2.24. The Bertz CT molecular complexity index is 770. The molecule has 0 saturated heterocycles. The van der Waals surface area contributed by atoms with Gasteiger partial charge in [0.25, 0.3) is 5.91 Å². The van der Waals surface area contributed by atoms with Crippen molar-refractivity contribution in [3.63, 3.8) is 0 Å². The van der Waals surface area contributed by atoms with Crippen molar-refractivity contribution in [1.82, 2.24) is 10.3 Å². The van der Waals surface area contributed by atoms with E-state index in [9.17, 15) is 4.79 Å². The molecule has 3 N–H and O–H groups in total. The molecule has 5 nitrogen and oxygen atoms in total. The van der Waals surface area contributed by atoms with Gasteiger partial charge in [0.2, 0.25) is 5.88 Å². The number of pyridine rings is 1. The molecule has 2 aromatic rings. The first-order valence-corrected chi connectivity index (χ1v) is 11.9. The highest BCUT2D eigenvalue weighted by Crippen LogP contribution is 2.21. The van der Waals surface area contributed by atoms with Gasteiger partial charge >= 0.3 is 0 Å². The molecule has 1 amide bonds. The van der Waals surface area contributed by atoms with Crippen molar-refractivity contribution in [1.29, 1.82) is 0 Å². The summed E-state index contributed by atoms with van der Waals surface area (Å²) in [7, 11) is 0. The quantitative estimate of drug-likeness (QED) is 0.269. The van der Waals surface area contributed by atoms with Gasteiger partial charge in [-0.15, -0.1) is 12.4 Å². The minimum Gasteiger partial charge on any atom is -0.439 e. The topological polar surface area (TPSA) is 77.2 Å². The van der Waals surface area contributed by atoms with Gasteiger partial charge in [-0.05, 0) is 36.2 Å². The molecule has 0 unspecified atom stereocenters. The fourth-order valence-electron chi connectivity index (χ4n) is 3.55. The molecule has 1 heterocycles. The van der Waals surface area contributed by atoms with Gasteiger partial charge < -0.3 is 15.8 Å². The molecule has 0 spiro atoms. The Kier molecular flexibility index (Phi) is 15.2. The molecule has 2 rings (SSSR count). The molecule has 0 aliphatic carbocycles. The highest BCUT2D eigenvalue weighted by Gasteiger charge is 2.07. The maximum absolute atomic E-state index is 12.4. The van der Waals surface area contributed by atoms with Gasteiger partial charge in [0.15, 0.2) is 0 Å². The number of carbonyl (C=O) groups excluding carboxylic acids is 1. The molecular weight excluding hydrogens is 422 g/mol. The van der Waals surface area contributed by atoms with E-state index in [1.54, 1.807) is 24.4 Å². The summed E-state index contributed by atoms with van der Waals surface area (Å²) in [6.07, 6.45) is 16.0. The van der Waals surface area contributed by atoms with E-state index >= 15 is 0 Å². The van der Waals surface area contributed by atoms with Crippen molar-refractivity contribution in [2.75, 3.05) is 6.54 Å². The molecule has 0 bridgehead atoms. The van der Waals surface area contributed by atoms with E-state index in [1.807, 2.05) is 18.2 Å². The number of ether oxygens (including phenoxy) is 1. The summed E-state index contributed by atoms with van der Waals surface area (Å²) in [6, 6.07) is 10.8. The third-order valence-corrected chi connectivity index (χ3v) is 5.42. The number of nitrogens with one attached hydrogen (secondary N) is 1. The van der Waals surface area contributed by atoms with E-state index < -0.39 is 0 Å². The van der Waals surface area contributed by atoms with E-state index in [-0.39, 0.29) is 18.3 Å². The molecule has 0 aliphatic heterocycles. The molecule has 1 aromatic heterocycles. The number of halogens is 1. The van der Waals surface area contributed by atoms with Crippen LogP contribution in [0.1, 0.15) is 93.5 Å². The number of benzene rings is 1. The maximum atomic E-state index is 12.4. The van der Waals surface area contributed by atoms with Gasteiger partial charge in [0, 0.05) is 30.9 Å². The lowest BCUT2D eigenvalue weighted by Gasteiger charge is -2.09. The van der Waals surface area contributed by atoms with Crippen LogP contribution in [0.4, 0.5) is 0 Å². The third-order valence-electron chi connectivity index (χ3n) is 5.42. The number of hydrogen-bond acceptors (Lipinski definition) is 4. The first kappa shape index (κ1) is 27.9. The van der Waals surface area contributed by atoms with Crippen LogP contribution in [0, 0.1) is 0 Å². The second kappa shape index (κ2) is 17.4. The number of hydrogen-bond donors (Lipinski definition) is 2. The highest BCUT2D eigenvalue weighted by atomic mass is 35.5. The molecule has 0 saturated carbocycles. The summed E-state index contributed by atoms with van der Waals surface area (Å²) in [5.74, 6) is 0.992. The predicted molar refractivity (Wildman–Crippen MR) is 135 cm³/mol. The average molecular weight is 462 g/mol. The number of nitrogens with zero attached hydrogens (tertiary/aromatic N) is 1. The van der Waals surface area contributed by atoms with Gasteiger partial charge in [-0.3, -0.25) is 4.79 Å². The molecule has 0 atom stereocenters. The Morgan fingerprint density at radius 1 is 0.938 bits per heavy atom. The minimum atomic E-state index is -0.0683. The van der Waals surface area contributed by atoms with Crippen LogP contribution >= 0.6 is 12.4 Å². The van der Waals surface area contributed by atoms with Crippen molar-refractivity contribution >= 4 is 18.3 Å². The van der Waals surface area contributed by atoms with E-state index in [1.165, 1.54) is 64.2 Å². The van der Waals surface area contributed by atoms with Crippen molar-refractivity contribution < 1.29 is 9.53 Å². The first-order valence-electron chi connectivity index (χ1n) is 11.9. The lowest BCUT2D eigenvalue weighted by atomic mass is 10.1. The number of aromatic nitrogens is 1. The summed E-state index contributed by atoms with van der Waals surface area (Å²) >= 11 is 0. The second-order valence-corrected chi connectivity index (χ2v) is 8.13. The second-order valence-electron chi connectivity index (χ2n) is 8.13. The number of nitrogens with two attached hydrogens (primary N) is 1. The molecule has 1 aromatic carbocycles. The highest BCUT2D eigenvalue weighted by molar-refractivity contribution is 5.94. The molecule has 0 fully saturated rings. The fourth-order valence-corrected chi connectivity index (χ4v) is 3.55. The van der Waals surface area contributed by atoms with Crippen LogP contribution in [0.3, 0.4) is 0 Å². The van der Waals surface area contributed by atoms with Gasteiger partial charge in [-0.25, -0.2) is 4.98 Å². The normalized spacial score (nSPS) is 10.4. The van der Waals surface area contributed by atoms with E-state index in [4.69, 9.17) is 10.5 Å². The fraction of sp³-hybridized carbons (Fsp3) is 0.538.